The summed E-state index contributed by atoms with van der Waals surface area (Å²) in [5.41, 5.74) is 20.6. The molecule has 0 aliphatic heterocycles. The van der Waals surface area contributed by atoms with Crippen LogP contribution >= 0.6 is 0 Å². The summed E-state index contributed by atoms with van der Waals surface area (Å²) in [6.07, 6.45) is 20.4. The molecule has 753 valence electrons. The van der Waals surface area contributed by atoms with Crippen LogP contribution in [0.1, 0.15) is 148 Å². The molecule has 12 aromatic rings. The molecule has 18 heteroatoms. The fourth-order valence-electron chi connectivity index (χ4n) is 22.7. The summed E-state index contributed by atoms with van der Waals surface area (Å²) in [6.45, 7) is 60.6. The number of benzene rings is 9. The molecule has 9 aromatic carbocycles. The van der Waals surface area contributed by atoms with E-state index in [0.717, 1.165) is 124 Å². The number of pyridine rings is 3. The Bertz CT molecular complexity index is 6420. The van der Waals surface area contributed by atoms with Gasteiger partial charge in [-0.2, -0.15) is 0 Å². The summed E-state index contributed by atoms with van der Waals surface area (Å²) in [6, 6.07) is 83.8. The van der Waals surface area contributed by atoms with Crippen LogP contribution in [0.4, 0.5) is 0 Å². The van der Waals surface area contributed by atoms with Crippen molar-refractivity contribution in [3.05, 3.63) is 271 Å². The van der Waals surface area contributed by atoms with Gasteiger partial charge < -0.3 is 15.3 Å². The zero-order valence-electron chi connectivity index (χ0n) is 89.2. The Hall–Kier alpha value is -7.91. The first-order valence-electron chi connectivity index (χ1n) is 51.2. The van der Waals surface area contributed by atoms with E-state index in [-0.39, 0.29) is 106 Å². The molecule has 8 aliphatic rings. The minimum atomic E-state index is -1.43. The van der Waals surface area contributed by atoms with E-state index < -0.39 is 48.4 Å². The predicted octanol–water partition coefficient (Wildman–Crippen LogP) is 29.9. The Morgan fingerprint density at radius 2 is 0.738 bits per heavy atom. The van der Waals surface area contributed by atoms with E-state index in [2.05, 4.69) is 357 Å². The minimum Gasteiger partial charge on any atom is -0.512 e. The number of fused-ring (bicyclic) bond motifs is 3. The van der Waals surface area contributed by atoms with E-state index in [9.17, 15) is 24.6 Å². The van der Waals surface area contributed by atoms with Crippen molar-refractivity contribution >= 4 is 130 Å². The number of rotatable bonds is 21. The van der Waals surface area contributed by atoms with Crippen LogP contribution in [0.25, 0.3) is 99.9 Å². The number of hydrogen-bond acceptors (Lipinski definition) is 9. The van der Waals surface area contributed by atoms with Crippen LogP contribution in [-0.4, -0.2) is 96.1 Å². The molecule has 20 rings (SSSR count). The van der Waals surface area contributed by atoms with Crippen molar-refractivity contribution in [2.24, 2.45) is 58.2 Å². The topological polar surface area (TPSA) is 151 Å². The fourth-order valence-corrected chi connectivity index (χ4v) is 31.0. The SMILES string of the molecule is CC(C)C(=O)C=C(O)C(C)C.CCC(=O)C=C(O)CC.C[Si](C)(C)c1c[c-]c(-c2cc(-c3ccccc3)c3cc([Si](C)(C)C)ccc3n2)cc1.Cc1[c-]c(-c2cc(-c3ccccc3)c3cc([Si](C)(C)C)ccc3n2)cc(C)c1[Si](C)(C)C.Cc1[c-]c(-c2cc(-c3ccccc3)c3cc([Si](C)(C)C)ccc3n2)cc([Si](C)(C)C)c1.O=C(C=C(O)C12CC3CC(CC(C3)C1)C2)C12CC3CC(CC(C3)C1)C2.[Ir].[Ir].[Ir]. The number of carbonyl (C=O) groups excluding carboxylic acids is 3. The summed E-state index contributed by atoms with van der Waals surface area (Å²) in [7, 11) is -8.44. The van der Waals surface area contributed by atoms with Crippen molar-refractivity contribution in [1.82, 2.24) is 15.0 Å². The van der Waals surface area contributed by atoms with E-state index >= 15 is 0 Å². The summed E-state index contributed by atoms with van der Waals surface area (Å²) in [5.74, 6) is 5.95. The van der Waals surface area contributed by atoms with Crippen LogP contribution < -0.4 is 31.1 Å². The Labute approximate surface area is 892 Å². The van der Waals surface area contributed by atoms with Gasteiger partial charge in [0.15, 0.2) is 17.3 Å². The molecule has 8 saturated carbocycles. The van der Waals surface area contributed by atoms with Gasteiger partial charge in [-0.3, -0.25) is 29.3 Å². The number of carbonyl (C=O) groups is 3. The smallest absolute Gasteiger partial charge is 0.165 e. The maximum absolute atomic E-state index is 13.4. The Morgan fingerprint density at radius 3 is 1.06 bits per heavy atom. The maximum atomic E-state index is 13.4. The predicted molar refractivity (Wildman–Crippen MR) is 605 cm³/mol. The van der Waals surface area contributed by atoms with Gasteiger partial charge in [0.1, 0.15) is 5.76 Å². The van der Waals surface area contributed by atoms with Crippen LogP contribution in [0.2, 0.25) is 118 Å². The van der Waals surface area contributed by atoms with Crippen LogP contribution in [0, 0.1) is 97.1 Å². The van der Waals surface area contributed by atoms with Crippen molar-refractivity contribution in [2.45, 2.75) is 270 Å². The number of aryl methyl sites for hydroxylation is 3. The van der Waals surface area contributed by atoms with Crippen LogP contribution in [0.5, 0.6) is 0 Å². The molecule has 9 nitrogen and oxygen atoms in total. The number of hydrogen-bond donors (Lipinski definition) is 3. The van der Waals surface area contributed by atoms with Crippen molar-refractivity contribution in [1.29, 1.82) is 0 Å². The molecule has 3 N–H and O–H groups in total. The zero-order chi connectivity index (χ0) is 100. The van der Waals surface area contributed by atoms with Crippen LogP contribution in [0.15, 0.2) is 236 Å². The number of aliphatic hydroxyl groups excluding tert-OH is 3. The number of ketones is 3. The van der Waals surface area contributed by atoms with Crippen molar-refractivity contribution in [2.75, 3.05) is 0 Å². The Balaban J connectivity index is 0.000000180. The molecule has 3 radical (unpaired) electrons. The molecule has 8 aliphatic carbocycles. The quantitative estimate of drug-likeness (QED) is 0.0276. The van der Waals surface area contributed by atoms with Gasteiger partial charge in [0, 0.05) is 146 Å². The van der Waals surface area contributed by atoms with Crippen molar-refractivity contribution in [3.8, 4) is 67.2 Å². The fraction of sp³-hybridized carbons (Fsp3) is 0.415. The van der Waals surface area contributed by atoms with Crippen molar-refractivity contribution in [3.63, 3.8) is 0 Å². The minimum absolute atomic E-state index is 0. The third kappa shape index (κ3) is 28.7. The van der Waals surface area contributed by atoms with Gasteiger partial charge in [0.05, 0.1) is 60.4 Å². The van der Waals surface area contributed by atoms with E-state index in [0.29, 0.717) is 24.4 Å². The molecule has 0 spiro atoms. The summed E-state index contributed by atoms with van der Waals surface area (Å²) < 4.78 is 0. The first-order chi connectivity index (χ1) is 64.8. The number of aliphatic hydroxyl groups is 3. The number of aromatic nitrogens is 3. The maximum Gasteiger partial charge on any atom is 0.165 e. The third-order valence-corrected chi connectivity index (χ3v) is 42.2. The molecule has 141 heavy (non-hydrogen) atoms. The molecule has 8 bridgehead atoms. The molecule has 0 unspecified atom stereocenters. The van der Waals surface area contributed by atoms with E-state index in [1.165, 1.54) is 148 Å². The standard InChI is InChI=1S/C29H34NSi2.C28H32NSi2.C27H30NSi2.C23H32O2.C9H16O2.C7H12O2.3Ir/c1-20-16-23(17-21(2)29(20)32(6,7)8)28-19-25(22-12-10-9-11-13-22)26-18-24(31(3,4)5)14-15-27(26)30-28;1-20-15-22(17-24(16-20)31(5,6)7)28-19-25(21-11-9-8-10-12-21)26-18-23(30(2,3)4)13-14-27(26)29-28;1-29(2,3)22-14-12-21(13-15-22)27-19-24(20-10-8-7-9-11-20)25-18-23(30(4,5)6)16-17-26(25)28-27;24-20(22-8-14-1-15(9-22)3-16(2-14)10-22)7-21(25)23-11-17-4-18(12-23)6-19(5-17)13-23;1-6(2)8(10)5-9(11)7(3)4;1-3-6(8)5-7(9)4-2;;;/h9-16,18-19H,1-8H3;8-14,16-19H,1-7H3;7-12,14-19H,1-6H3;7,14-19,24H,1-6,8-13H2;5-7,10H,1-4H3;5,8H,3-4H2,1-2H3;;;/q3*-1;;;;;;. The second kappa shape index (κ2) is 47.3. The average molecular weight is 2520 g/mol. The second-order valence-electron chi connectivity index (χ2n) is 48.2. The normalized spacial score (nSPS) is 19.8. The Kier molecular flexibility index (Phi) is 38.6. The monoisotopic (exact) mass is 2520 g/mol. The third-order valence-electron chi connectivity index (χ3n) is 29.8. The van der Waals surface area contributed by atoms with Gasteiger partial charge in [-0.1, -0.05) is 341 Å². The van der Waals surface area contributed by atoms with E-state index in [1.807, 2.05) is 27.7 Å². The largest absolute Gasteiger partial charge is 0.512 e. The average Bonchev–Trinajstić information content (AvgIpc) is 0.726. The van der Waals surface area contributed by atoms with Crippen LogP contribution in [-0.2, 0) is 74.7 Å². The van der Waals surface area contributed by atoms with Crippen LogP contribution in [0.3, 0.4) is 0 Å². The molecule has 3 aromatic heterocycles. The van der Waals surface area contributed by atoms with Gasteiger partial charge in [-0.15, -0.1) is 104 Å². The number of allylic oxidation sites excluding steroid dienone is 6. The van der Waals surface area contributed by atoms with Gasteiger partial charge in [0.25, 0.3) is 0 Å². The summed E-state index contributed by atoms with van der Waals surface area (Å²) in [4.78, 5) is 50.2. The number of nitrogens with zero attached hydrogens (tertiary/aromatic N) is 3. The summed E-state index contributed by atoms with van der Waals surface area (Å²) in [5, 5.41) is 41.6. The zero-order valence-corrected chi connectivity index (χ0v) is 102. The molecular formula is C123H156Ir3N3O6Si6-3. The first kappa shape index (κ1) is 115. The summed E-state index contributed by atoms with van der Waals surface area (Å²) >= 11 is 0. The van der Waals surface area contributed by atoms with E-state index in [4.69, 9.17) is 20.1 Å². The van der Waals surface area contributed by atoms with Gasteiger partial charge in [-0.25, -0.2) is 0 Å². The molecule has 8 fully saturated rings. The molecule has 3 heterocycles. The van der Waals surface area contributed by atoms with Gasteiger partial charge in [0.2, 0.25) is 0 Å². The molecule has 0 saturated heterocycles. The van der Waals surface area contributed by atoms with E-state index in [1.54, 1.807) is 19.9 Å². The molecule has 0 atom stereocenters. The molecular weight excluding hydrogens is 2360 g/mol. The van der Waals surface area contributed by atoms with Gasteiger partial charge in [-0.05, 0) is 181 Å². The Morgan fingerprint density at radius 1 is 0.383 bits per heavy atom. The molecule has 0 amide bonds. The second-order valence-corrected chi connectivity index (χ2v) is 78.5. The first-order valence-corrected chi connectivity index (χ1v) is 72.2. The van der Waals surface area contributed by atoms with Gasteiger partial charge >= 0.3 is 0 Å². The van der Waals surface area contributed by atoms with Crippen molar-refractivity contribution < 1.29 is 90.0 Å².